The molecule has 0 saturated carbocycles. The fourth-order valence-electron chi connectivity index (χ4n) is 2.96. The molecule has 24 heavy (non-hydrogen) atoms. The molecule has 1 fully saturated rings. The van der Waals surface area contributed by atoms with Crippen molar-refractivity contribution in [2.24, 2.45) is 7.05 Å². The molecule has 0 spiro atoms. The van der Waals surface area contributed by atoms with Gasteiger partial charge in [-0.15, -0.1) is 11.3 Å². The molecule has 2 aromatic heterocycles. The van der Waals surface area contributed by atoms with Gasteiger partial charge in [0, 0.05) is 43.4 Å². The third kappa shape index (κ3) is 4.05. The summed E-state index contributed by atoms with van der Waals surface area (Å²) in [5.41, 5.74) is 1.11. The van der Waals surface area contributed by atoms with Crippen molar-refractivity contribution in [1.82, 2.24) is 25.4 Å². The predicted molar refractivity (Wildman–Crippen MR) is 95.4 cm³/mol. The normalized spacial score (nSPS) is 19.1. The summed E-state index contributed by atoms with van der Waals surface area (Å²) in [7, 11) is 1.92. The van der Waals surface area contributed by atoms with Gasteiger partial charge in [0.1, 0.15) is 5.01 Å². The molecule has 0 bridgehead atoms. The summed E-state index contributed by atoms with van der Waals surface area (Å²) < 4.78 is 1.80. The molecule has 3 rings (SSSR count). The van der Waals surface area contributed by atoms with Crippen LogP contribution in [0.1, 0.15) is 35.7 Å². The number of piperidine rings is 1. The third-order valence-corrected chi connectivity index (χ3v) is 5.27. The van der Waals surface area contributed by atoms with E-state index in [2.05, 4.69) is 25.6 Å². The molecule has 2 atom stereocenters. The van der Waals surface area contributed by atoms with Crippen LogP contribution in [0.25, 0.3) is 0 Å². The molecule has 7 nitrogen and oxygen atoms in total. The van der Waals surface area contributed by atoms with Gasteiger partial charge in [0.25, 0.3) is 0 Å². The van der Waals surface area contributed by atoms with E-state index in [1.807, 2.05) is 39.5 Å². The summed E-state index contributed by atoms with van der Waals surface area (Å²) in [6.07, 6.45) is 7.77. The lowest BCUT2D eigenvalue weighted by Gasteiger charge is -2.34. The van der Waals surface area contributed by atoms with Crippen LogP contribution >= 0.6 is 11.3 Å². The van der Waals surface area contributed by atoms with Crippen LogP contribution in [0.2, 0.25) is 0 Å². The molecule has 130 valence electrons. The van der Waals surface area contributed by atoms with Crippen molar-refractivity contribution in [3.63, 3.8) is 0 Å². The first kappa shape index (κ1) is 16.8. The minimum atomic E-state index is -0.131. The monoisotopic (exact) mass is 348 g/mol. The van der Waals surface area contributed by atoms with Crippen LogP contribution < -0.4 is 15.5 Å². The zero-order valence-electron chi connectivity index (χ0n) is 14.3. The van der Waals surface area contributed by atoms with Crippen LogP contribution in [-0.2, 0) is 7.05 Å². The number of carbonyl (C=O) groups excluding carboxylic acids is 1. The zero-order chi connectivity index (χ0) is 17.1. The lowest BCUT2D eigenvalue weighted by Crippen LogP contribution is -2.50. The number of carbonyl (C=O) groups is 1. The number of aromatic nitrogens is 3. The SMILES string of the molecule is Cc1cnc(C(C)NC(=O)NC2CCCN(c3cnn(C)c3)C2)s1. The maximum atomic E-state index is 12.3. The minimum Gasteiger partial charge on any atom is -0.367 e. The van der Waals surface area contributed by atoms with E-state index in [1.165, 1.54) is 0 Å². The summed E-state index contributed by atoms with van der Waals surface area (Å²) in [5, 5.41) is 11.2. The number of hydrogen-bond donors (Lipinski definition) is 2. The Bertz CT molecular complexity index is 696. The molecule has 8 heteroatoms. The number of nitrogens with one attached hydrogen (secondary N) is 2. The van der Waals surface area contributed by atoms with E-state index in [4.69, 9.17) is 0 Å². The molecule has 1 aliphatic heterocycles. The van der Waals surface area contributed by atoms with Crippen LogP contribution in [0, 0.1) is 6.92 Å². The highest BCUT2D eigenvalue weighted by Gasteiger charge is 2.23. The van der Waals surface area contributed by atoms with Crippen molar-refractivity contribution in [1.29, 1.82) is 0 Å². The quantitative estimate of drug-likeness (QED) is 0.888. The summed E-state index contributed by atoms with van der Waals surface area (Å²) in [5.74, 6) is 0. The Labute approximate surface area is 146 Å². The first-order valence-corrected chi connectivity index (χ1v) is 9.06. The van der Waals surface area contributed by atoms with Gasteiger partial charge in [-0.05, 0) is 26.7 Å². The molecule has 2 aromatic rings. The fourth-order valence-corrected chi connectivity index (χ4v) is 3.74. The van der Waals surface area contributed by atoms with Crippen LogP contribution in [0.3, 0.4) is 0 Å². The highest BCUT2D eigenvalue weighted by atomic mass is 32.1. The molecule has 2 amide bonds. The molecule has 2 N–H and O–H groups in total. The van der Waals surface area contributed by atoms with E-state index in [0.29, 0.717) is 0 Å². The largest absolute Gasteiger partial charge is 0.367 e. The van der Waals surface area contributed by atoms with Gasteiger partial charge in [-0.3, -0.25) is 4.68 Å². The first-order valence-electron chi connectivity index (χ1n) is 8.24. The number of aryl methyl sites for hydroxylation is 2. The molecule has 2 unspecified atom stereocenters. The number of nitrogens with zero attached hydrogens (tertiary/aromatic N) is 4. The van der Waals surface area contributed by atoms with E-state index >= 15 is 0 Å². The Kier molecular flexibility index (Phi) is 5.03. The number of rotatable bonds is 4. The topological polar surface area (TPSA) is 75.1 Å². The van der Waals surface area contributed by atoms with Gasteiger partial charge in [-0.25, -0.2) is 9.78 Å². The van der Waals surface area contributed by atoms with Crippen LogP contribution in [-0.4, -0.2) is 39.9 Å². The second kappa shape index (κ2) is 7.21. The second-order valence-electron chi connectivity index (χ2n) is 6.31. The van der Waals surface area contributed by atoms with Gasteiger partial charge in [-0.2, -0.15) is 5.10 Å². The molecular formula is C16H24N6OS. The first-order chi connectivity index (χ1) is 11.5. The Morgan fingerprint density at radius 3 is 2.96 bits per heavy atom. The molecule has 0 aromatic carbocycles. The van der Waals surface area contributed by atoms with Gasteiger partial charge in [0.2, 0.25) is 0 Å². The van der Waals surface area contributed by atoms with Gasteiger partial charge in [-0.1, -0.05) is 0 Å². The van der Waals surface area contributed by atoms with Crippen molar-refractivity contribution in [3.05, 3.63) is 28.5 Å². The molecule has 0 aliphatic carbocycles. The summed E-state index contributed by atoms with van der Waals surface area (Å²) in [6.45, 7) is 5.79. The molecule has 1 aliphatic rings. The number of hydrogen-bond acceptors (Lipinski definition) is 5. The van der Waals surface area contributed by atoms with Gasteiger partial charge in [0.05, 0.1) is 17.9 Å². The Morgan fingerprint density at radius 1 is 1.46 bits per heavy atom. The average molecular weight is 348 g/mol. The fraction of sp³-hybridized carbons (Fsp3) is 0.562. The zero-order valence-corrected chi connectivity index (χ0v) is 15.1. The van der Waals surface area contributed by atoms with Gasteiger partial charge in [0.15, 0.2) is 0 Å². The molecule has 1 saturated heterocycles. The van der Waals surface area contributed by atoms with Crippen molar-refractivity contribution in [2.75, 3.05) is 18.0 Å². The second-order valence-corrected chi connectivity index (χ2v) is 7.57. The standard InChI is InChI=1S/C16H24N6OS/c1-11-7-17-15(24-11)12(2)19-16(23)20-13-5-4-6-22(9-13)14-8-18-21(3)10-14/h7-8,10,12-13H,4-6,9H2,1-3H3,(H2,19,20,23). The number of anilines is 1. The number of urea groups is 1. The number of thiazole rings is 1. The van der Waals surface area contributed by atoms with Gasteiger partial charge >= 0.3 is 6.03 Å². The smallest absolute Gasteiger partial charge is 0.315 e. The van der Waals surface area contributed by atoms with E-state index in [0.717, 1.165) is 41.5 Å². The Balaban J connectivity index is 1.52. The molecule has 0 radical (unpaired) electrons. The maximum Gasteiger partial charge on any atom is 0.315 e. The maximum absolute atomic E-state index is 12.3. The van der Waals surface area contributed by atoms with Crippen LogP contribution in [0.5, 0.6) is 0 Å². The minimum absolute atomic E-state index is 0.0817. The third-order valence-electron chi connectivity index (χ3n) is 4.17. The van der Waals surface area contributed by atoms with Crippen LogP contribution in [0.4, 0.5) is 10.5 Å². The predicted octanol–water partition coefficient (Wildman–Crippen LogP) is 2.21. The molecule has 3 heterocycles. The van der Waals surface area contributed by atoms with Crippen molar-refractivity contribution in [3.8, 4) is 0 Å². The lowest BCUT2D eigenvalue weighted by molar-refractivity contribution is 0.232. The molecular weight excluding hydrogens is 324 g/mol. The Hall–Kier alpha value is -2.09. The highest BCUT2D eigenvalue weighted by Crippen LogP contribution is 2.20. The summed E-state index contributed by atoms with van der Waals surface area (Å²) >= 11 is 1.61. The van der Waals surface area contributed by atoms with Crippen molar-refractivity contribution >= 4 is 23.1 Å². The van der Waals surface area contributed by atoms with Crippen molar-refractivity contribution < 1.29 is 4.79 Å². The van der Waals surface area contributed by atoms with Crippen molar-refractivity contribution in [2.45, 2.75) is 38.8 Å². The summed E-state index contributed by atoms with van der Waals surface area (Å²) in [6, 6.07) is -0.0701. The van der Waals surface area contributed by atoms with E-state index in [-0.39, 0.29) is 18.1 Å². The van der Waals surface area contributed by atoms with E-state index in [1.54, 1.807) is 16.0 Å². The summed E-state index contributed by atoms with van der Waals surface area (Å²) in [4.78, 5) is 20.0. The van der Waals surface area contributed by atoms with E-state index < -0.39 is 0 Å². The van der Waals surface area contributed by atoms with E-state index in [9.17, 15) is 4.79 Å². The number of amides is 2. The Morgan fingerprint density at radius 2 is 2.29 bits per heavy atom. The lowest BCUT2D eigenvalue weighted by atomic mass is 10.1. The van der Waals surface area contributed by atoms with Gasteiger partial charge < -0.3 is 15.5 Å². The highest BCUT2D eigenvalue weighted by molar-refractivity contribution is 7.11. The van der Waals surface area contributed by atoms with Crippen LogP contribution in [0.15, 0.2) is 18.6 Å². The average Bonchev–Trinajstić information content (AvgIpc) is 3.16.